The van der Waals surface area contributed by atoms with E-state index in [1.165, 1.54) is 11.8 Å². The van der Waals surface area contributed by atoms with Crippen LogP contribution in [0.25, 0.3) is 0 Å². The van der Waals surface area contributed by atoms with Gasteiger partial charge in [0.1, 0.15) is 11.8 Å². The number of ether oxygens (including phenoxy) is 1. The highest BCUT2D eigenvalue weighted by atomic mass is 79.9. The molecule has 0 heterocycles. The Balaban J connectivity index is 2.50. The number of carboxylic acids is 1. The zero-order valence-electron chi connectivity index (χ0n) is 11.3. The van der Waals surface area contributed by atoms with E-state index in [1.807, 2.05) is 6.26 Å². The molecular formula is C13H15Br2NO4S. The van der Waals surface area contributed by atoms with Crippen LogP contribution in [0.2, 0.25) is 0 Å². The molecule has 1 aromatic carbocycles. The van der Waals surface area contributed by atoms with Crippen molar-refractivity contribution in [3.05, 3.63) is 27.1 Å². The summed E-state index contributed by atoms with van der Waals surface area (Å²) >= 11 is 8.17. The zero-order valence-corrected chi connectivity index (χ0v) is 15.3. The Morgan fingerprint density at radius 2 is 2.14 bits per heavy atom. The van der Waals surface area contributed by atoms with Crippen LogP contribution in [0.15, 0.2) is 27.1 Å². The second kappa shape index (κ2) is 9.32. The van der Waals surface area contributed by atoms with Crippen LogP contribution in [-0.2, 0) is 9.59 Å². The number of amides is 1. The van der Waals surface area contributed by atoms with Crippen molar-refractivity contribution in [2.24, 2.45) is 0 Å². The number of hydrogen-bond acceptors (Lipinski definition) is 4. The first-order valence-electron chi connectivity index (χ1n) is 6.03. The Labute approximate surface area is 144 Å². The van der Waals surface area contributed by atoms with Gasteiger partial charge in [-0.2, -0.15) is 11.8 Å². The highest BCUT2D eigenvalue weighted by molar-refractivity contribution is 9.11. The number of halogens is 2. The van der Waals surface area contributed by atoms with E-state index in [2.05, 4.69) is 37.2 Å². The average Bonchev–Trinajstić information content (AvgIpc) is 2.42. The van der Waals surface area contributed by atoms with Crippen LogP contribution >= 0.6 is 43.6 Å². The SMILES string of the molecule is CSCCC(NC(=O)COc1ccc(Br)cc1Br)C(=O)O. The van der Waals surface area contributed by atoms with E-state index in [0.717, 1.165) is 4.47 Å². The number of nitrogens with one attached hydrogen (secondary N) is 1. The van der Waals surface area contributed by atoms with E-state index in [9.17, 15) is 9.59 Å². The van der Waals surface area contributed by atoms with Gasteiger partial charge >= 0.3 is 5.97 Å². The van der Waals surface area contributed by atoms with Crippen LogP contribution in [0.5, 0.6) is 5.75 Å². The van der Waals surface area contributed by atoms with Gasteiger partial charge in [0.2, 0.25) is 0 Å². The molecule has 1 unspecified atom stereocenters. The molecule has 2 N–H and O–H groups in total. The van der Waals surface area contributed by atoms with Crippen molar-refractivity contribution < 1.29 is 19.4 Å². The molecule has 1 amide bonds. The molecule has 0 spiro atoms. The predicted octanol–water partition coefficient (Wildman–Crippen LogP) is 2.91. The van der Waals surface area contributed by atoms with Crippen LogP contribution in [0, 0.1) is 0 Å². The summed E-state index contributed by atoms with van der Waals surface area (Å²) in [6.45, 7) is -0.233. The third kappa shape index (κ3) is 6.71. The molecule has 116 valence electrons. The lowest BCUT2D eigenvalue weighted by Crippen LogP contribution is -2.43. The summed E-state index contributed by atoms with van der Waals surface area (Å²) in [6.07, 6.45) is 2.26. The molecule has 1 aromatic rings. The highest BCUT2D eigenvalue weighted by Gasteiger charge is 2.19. The monoisotopic (exact) mass is 439 g/mol. The first-order chi connectivity index (χ1) is 9.93. The van der Waals surface area contributed by atoms with Gasteiger partial charge in [0.05, 0.1) is 4.47 Å². The fourth-order valence-electron chi connectivity index (χ4n) is 1.46. The van der Waals surface area contributed by atoms with Crippen LogP contribution in [0.4, 0.5) is 0 Å². The molecule has 1 rings (SSSR count). The fourth-order valence-corrected chi connectivity index (χ4v) is 3.10. The number of carbonyl (C=O) groups is 2. The summed E-state index contributed by atoms with van der Waals surface area (Å²) in [7, 11) is 0. The summed E-state index contributed by atoms with van der Waals surface area (Å²) in [5, 5.41) is 11.5. The van der Waals surface area contributed by atoms with Gasteiger partial charge in [0.25, 0.3) is 5.91 Å². The van der Waals surface area contributed by atoms with E-state index in [4.69, 9.17) is 9.84 Å². The van der Waals surface area contributed by atoms with Crippen LogP contribution < -0.4 is 10.1 Å². The standard InChI is InChI=1S/C13H15Br2NO4S/c1-21-5-4-10(13(18)19)16-12(17)7-20-11-3-2-8(14)6-9(11)15/h2-3,6,10H,4-5,7H2,1H3,(H,16,17)(H,18,19). The third-order valence-corrected chi connectivity index (χ3v) is 4.25. The minimum Gasteiger partial charge on any atom is -0.483 e. The average molecular weight is 441 g/mol. The van der Waals surface area contributed by atoms with E-state index in [1.54, 1.807) is 18.2 Å². The van der Waals surface area contributed by atoms with Crippen molar-refractivity contribution in [1.82, 2.24) is 5.32 Å². The van der Waals surface area contributed by atoms with Crippen LogP contribution in [0.3, 0.4) is 0 Å². The molecule has 21 heavy (non-hydrogen) atoms. The molecule has 0 aliphatic heterocycles. The minimum atomic E-state index is -1.04. The van der Waals surface area contributed by atoms with Gasteiger partial charge in [-0.05, 0) is 52.6 Å². The van der Waals surface area contributed by atoms with Gasteiger partial charge in [-0.25, -0.2) is 4.79 Å². The number of rotatable bonds is 8. The second-order valence-electron chi connectivity index (χ2n) is 4.10. The molecule has 0 radical (unpaired) electrons. The number of thioether (sulfide) groups is 1. The molecule has 0 aliphatic rings. The van der Waals surface area contributed by atoms with Gasteiger partial charge in [-0.1, -0.05) is 15.9 Å². The molecule has 1 atom stereocenters. The van der Waals surface area contributed by atoms with E-state index >= 15 is 0 Å². The largest absolute Gasteiger partial charge is 0.483 e. The summed E-state index contributed by atoms with van der Waals surface area (Å²) < 4.78 is 6.95. The molecule has 8 heteroatoms. The summed E-state index contributed by atoms with van der Waals surface area (Å²) in [5.41, 5.74) is 0. The van der Waals surface area contributed by atoms with E-state index in [-0.39, 0.29) is 6.61 Å². The number of hydrogen-bond donors (Lipinski definition) is 2. The first-order valence-corrected chi connectivity index (χ1v) is 9.01. The Hall–Kier alpha value is -0.730. The number of carboxylic acid groups (broad SMARTS) is 1. The van der Waals surface area contributed by atoms with Crippen molar-refractivity contribution in [2.45, 2.75) is 12.5 Å². The van der Waals surface area contributed by atoms with Crippen molar-refractivity contribution in [1.29, 1.82) is 0 Å². The van der Waals surface area contributed by atoms with Crippen molar-refractivity contribution in [3.63, 3.8) is 0 Å². The maximum atomic E-state index is 11.7. The molecule has 0 saturated carbocycles. The van der Waals surface area contributed by atoms with Crippen molar-refractivity contribution >= 4 is 55.5 Å². The molecule has 0 bridgehead atoms. The lowest BCUT2D eigenvalue weighted by molar-refractivity contribution is -0.142. The van der Waals surface area contributed by atoms with E-state index < -0.39 is 17.9 Å². The topological polar surface area (TPSA) is 75.6 Å². The zero-order chi connectivity index (χ0) is 15.8. The Morgan fingerprint density at radius 1 is 1.43 bits per heavy atom. The van der Waals surface area contributed by atoms with Crippen LogP contribution in [0.1, 0.15) is 6.42 Å². The molecule has 0 fully saturated rings. The Morgan fingerprint density at radius 3 is 2.71 bits per heavy atom. The lowest BCUT2D eigenvalue weighted by Gasteiger charge is -2.14. The normalized spacial score (nSPS) is 11.8. The minimum absolute atomic E-state index is 0.233. The van der Waals surface area contributed by atoms with Gasteiger partial charge in [0, 0.05) is 4.47 Å². The Kier molecular flexibility index (Phi) is 8.13. The smallest absolute Gasteiger partial charge is 0.326 e. The first kappa shape index (κ1) is 18.3. The quantitative estimate of drug-likeness (QED) is 0.649. The fraction of sp³-hybridized carbons (Fsp3) is 0.385. The molecule has 5 nitrogen and oxygen atoms in total. The van der Waals surface area contributed by atoms with Gasteiger partial charge < -0.3 is 15.2 Å². The second-order valence-corrected chi connectivity index (χ2v) is 6.86. The van der Waals surface area contributed by atoms with Gasteiger partial charge in [0.15, 0.2) is 6.61 Å². The summed E-state index contributed by atoms with van der Waals surface area (Å²) in [5.74, 6) is -0.319. The Bertz CT molecular complexity index is 513. The van der Waals surface area contributed by atoms with Gasteiger partial charge in [-0.3, -0.25) is 4.79 Å². The van der Waals surface area contributed by atoms with Crippen LogP contribution in [-0.4, -0.2) is 41.6 Å². The molecular weight excluding hydrogens is 426 g/mol. The van der Waals surface area contributed by atoms with Crippen molar-refractivity contribution in [3.8, 4) is 5.75 Å². The third-order valence-electron chi connectivity index (χ3n) is 2.50. The summed E-state index contributed by atoms with van der Waals surface area (Å²) in [6, 6.07) is 4.41. The highest BCUT2D eigenvalue weighted by Crippen LogP contribution is 2.28. The molecule has 0 aromatic heterocycles. The lowest BCUT2D eigenvalue weighted by atomic mass is 10.2. The maximum absolute atomic E-state index is 11.7. The predicted molar refractivity (Wildman–Crippen MR) is 89.9 cm³/mol. The van der Waals surface area contributed by atoms with Crippen molar-refractivity contribution in [2.75, 3.05) is 18.6 Å². The number of aliphatic carboxylic acids is 1. The summed E-state index contributed by atoms with van der Waals surface area (Å²) in [4.78, 5) is 22.8. The molecule has 0 aliphatic carbocycles. The molecule has 0 saturated heterocycles. The van der Waals surface area contributed by atoms with Gasteiger partial charge in [-0.15, -0.1) is 0 Å². The maximum Gasteiger partial charge on any atom is 0.326 e. The number of benzene rings is 1. The van der Waals surface area contributed by atoms with E-state index in [0.29, 0.717) is 22.4 Å². The number of carbonyl (C=O) groups excluding carboxylic acids is 1.